The van der Waals surface area contributed by atoms with Crippen molar-refractivity contribution in [3.05, 3.63) is 48.8 Å². The molecule has 3 aromatic heterocycles. The lowest BCUT2D eigenvalue weighted by Gasteiger charge is -2.25. The summed E-state index contributed by atoms with van der Waals surface area (Å²) >= 11 is 0. The number of nitrogens with one attached hydrogen (secondary N) is 1. The predicted molar refractivity (Wildman–Crippen MR) is 131 cm³/mol. The van der Waals surface area contributed by atoms with Crippen LogP contribution in [0.1, 0.15) is 19.3 Å². The van der Waals surface area contributed by atoms with E-state index in [-0.39, 0.29) is 0 Å². The van der Waals surface area contributed by atoms with Gasteiger partial charge < -0.3 is 19.5 Å². The summed E-state index contributed by atoms with van der Waals surface area (Å²) in [7, 11) is 0. The minimum Gasteiger partial charge on any atom is -0.486 e. The molecule has 5 heterocycles. The molecule has 1 fully saturated rings. The molecule has 0 radical (unpaired) electrons. The normalized spacial score (nSPS) is 15.8. The van der Waals surface area contributed by atoms with Crippen LogP contribution in [0.15, 0.2) is 48.8 Å². The number of hydrogen-bond acceptors (Lipinski definition) is 9. The van der Waals surface area contributed by atoms with Crippen molar-refractivity contribution in [3.63, 3.8) is 0 Å². The van der Waals surface area contributed by atoms with Gasteiger partial charge in [0.05, 0.1) is 23.8 Å². The molecule has 1 N–H and O–H groups in total. The monoisotopic (exact) mass is 473 g/mol. The molecule has 0 amide bonds. The van der Waals surface area contributed by atoms with Crippen LogP contribution < -0.4 is 19.5 Å². The van der Waals surface area contributed by atoms with E-state index in [2.05, 4.69) is 30.3 Å². The SMILES string of the molecule is c1cc(-c2ccc3c(c2)OCCO3)n2nc(Nc3cnc(OCCN4CCCCC4)nc3)nc2c1. The van der Waals surface area contributed by atoms with Gasteiger partial charge in [-0.05, 0) is 56.3 Å². The molecule has 2 aliphatic rings. The van der Waals surface area contributed by atoms with Gasteiger partial charge in [-0.1, -0.05) is 12.5 Å². The van der Waals surface area contributed by atoms with Crippen LogP contribution in [0.4, 0.5) is 11.6 Å². The maximum atomic E-state index is 5.74. The fraction of sp³-hybridized carbons (Fsp3) is 0.360. The Balaban J connectivity index is 1.14. The summed E-state index contributed by atoms with van der Waals surface area (Å²) in [6, 6.07) is 12.1. The molecular weight excluding hydrogens is 446 g/mol. The molecule has 2 aliphatic heterocycles. The third kappa shape index (κ3) is 4.83. The van der Waals surface area contributed by atoms with E-state index in [4.69, 9.17) is 14.2 Å². The van der Waals surface area contributed by atoms with Crippen LogP contribution in [0.25, 0.3) is 16.9 Å². The average molecular weight is 474 g/mol. The van der Waals surface area contributed by atoms with Crippen LogP contribution in [-0.2, 0) is 0 Å². The Kier molecular flexibility index (Phi) is 6.02. The van der Waals surface area contributed by atoms with Crippen molar-refractivity contribution in [1.82, 2.24) is 29.5 Å². The third-order valence-corrected chi connectivity index (χ3v) is 6.17. The lowest BCUT2D eigenvalue weighted by atomic mass is 10.1. The van der Waals surface area contributed by atoms with Crippen molar-refractivity contribution in [1.29, 1.82) is 0 Å². The van der Waals surface area contributed by atoms with Crippen molar-refractivity contribution in [2.75, 3.05) is 44.8 Å². The quantitative estimate of drug-likeness (QED) is 0.432. The number of benzene rings is 1. The van der Waals surface area contributed by atoms with Gasteiger partial charge in [0, 0.05) is 12.1 Å². The molecule has 0 atom stereocenters. The smallest absolute Gasteiger partial charge is 0.316 e. The van der Waals surface area contributed by atoms with Gasteiger partial charge >= 0.3 is 6.01 Å². The van der Waals surface area contributed by atoms with Crippen molar-refractivity contribution < 1.29 is 14.2 Å². The molecule has 1 saturated heterocycles. The largest absolute Gasteiger partial charge is 0.486 e. The van der Waals surface area contributed by atoms with Crippen molar-refractivity contribution >= 4 is 17.3 Å². The van der Waals surface area contributed by atoms with E-state index < -0.39 is 0 Å². The fourth-order valence-corrected chi connectivity index (χ4v) is 4.41. The highest BCUT2D eigenvalue weighted by Crippen LogP contribution is 2.34. The minimum absolute atomic E-state index is 0.372. The Labute approximate surface area is 202 Å². The zero-order chi connectivity index (χ0) is 23.5. The number of aromatic nitrogens is 5. The number of fused-ring (bicyclic) bond motifs is 2. The molecule has 0 bridgehead atoms. The molecule has 0 aliphatic carbocycles. The van der Waals surface area contributed by atoms with E-state index in [9.17, 15) is 0 Å². The zero-order valence-electron chi connectivity index (χ0n) is 19.4. The van der Waals surface area contributed by atoms with Gasteiger partial charge in [-0.2, -0.15) is 4.98 Å². The van der Waals surface area contributed by atoms with E-state index in [0.29, 0.717) is 37.5 Å². The van der Waals surface area contributed by atoms with Gasteiger partial charge in [-0.3, -0.25) is 4.90 Å². The Morgan fingerprint density at radius 3 is 2.63 bits per heavy atom. The average Bonchev–Trinajstić information content (AvgIpc) is 3.32. The summed E-state index contributed by atoms with van der Waals surface area (Å²) < 4.78 is 18.9. The van der Waals surface area contributed by atoms with Crippen LogP contribution in [0, 0.1) is 0 Å². The Morgan fingerprint density at radius 2 is 1.77 bits per heavy atom. The molecule has 0 spiro atoms. The molecule has 4 aromatic rings. The first-order chi connectivity index (χ1) is 17.3. The number of hydrogen-bond donors (Lipinski definition) is 1. The molecule has 6 rings (SSSR count). The molecular formula is C25H27N7O3. The van der Waals surface area contributed by atoms with Gasteiger partial charge in [0.25, 0.3) is 0 Å². The molecule has 10 heteroatoms. The summed E-state index contributed by atoms with van der Waals surface area (Å²) in [5.41, 5.74) is 3.27. The van der Waals surface area contributed by atoms with Gasteiger partial charge in [0.15, 0.2) is 17.1 Å². The highest BCUT2D eigenvalue weighted by molar-refractivity contribution is 5.67. The summed E-state index contributed by atoms with van der Waals surface area (Å²) in [5, 5.41) is 7.83. The molecule has 0 saturated carbocycles. The standard InChI is InChI=1S/C25H27N7O3/c1-2-9-31(10-3-1)11-12-35-25-26-16-19(17-27-25)28-24-29-23-6-4-5-20(32(23)30-24)18-7-8-21-22(15-18)34-14-13-33-21/h4-8,15-17H,1-3,9-14H2,(H,28,30). The van der Waals surface area contributed by atoms with Crippen LogP contribution in [0.2, 0.25) is 0 Å². The van der Waals surface area contributed by atoms with E-state index in [0.717, 1.165) is 48.0 Å². The van der Waals surface area contributed by atoms with E-state index >= 15 is 0 Å². The predicted octanol–water partition coefficient (Wildman–Crippen LogP) is 3.57. The molecule has 0 unspecified atom stereocenters. The van der Waals surface area contributed by atoms with Gasteiger partial charge in [0.2, 0.25) is 5.95 Å². The first-order valence-corrected chi connectivity index (χ1v) is 12.0. The molecule has 1 aromatic carbocycles. The minimum atomic E-state index is 0.372. The highest BCUT2D eigenvalue weighted by atomic mass is 16.6. The Bertz CT molecular complexity index is 1300. The van der Waals surface area contributed by atoms with E-state index in [1.165, 1.54) is 19.3 Å². The fourth-order valence-electron chi connectivity index (χ4n) is 4.41. The first kappa shape index (κ1) is 21.6. The van der Waals surface area contributed by atoms with Crippen molar-refractivity contribution in [3.8, 4) is 28.8 Å². The lowest BCUT2D eigenvalue weighted by molar-refractivity contribution is 0.171. The van der Waals surface area contributed by atoms with Gasteiger partial charge in [0.1, 0.15) is 19.8 Å². The maximum Gasteiger partial charge on any atom is 0.316 e. The Hall–Kier alpha value is -3.92. The summed E-state index contributed by atoms with van der Waals surface area (Å²) in [6.45, 7) is 4.90. The second kappa shape index (κ2) is 9.75. The number of pyridine rings is 1. The van der Waals surface area contributed by atoms with Gasteiger partial charge in [-0.25, -0.2) is 14.5 Å². The second-order valence-electron chi connectivity index (χ2n) is 8.60. The van der Waals surface area contributed by atoms with Gasteiger partial charge in [-0.15, -0.1) is 5.10 Å². The third-order valence-electron chi connectivity index (χ3n) is 6.17. The number of piperidine rings is 1. The zero-order valence-corrected chi connectivity index (χ0v) is 19.4. The molecule has 180 valence electrons. The summed E-state index contributed by atoms with van der Waals surface area (Å²) in [4.78, 5) is 15.7. The summed E-state index contributed by atoms with van der Waals surface area (Å²) in [5.74, 6) is 1.95. The molecule has 35 heavy (non-hydrogen) atoms. The number of rotatable bonds is 7. The number of ether oxygens (including phenoxy) is 3. The van der Waals surface area contributed by atoms with Crippen LogP contribution >= 0.6 is 0 Å². The number of nitrogens with zero attached hydrogens (tertiary/aromatic N) is 6. The summed E-state index contributed by atoms with van der Waals surface area (Å²) in [6.07, 6.45) is 7.22. The lowest BCUT2D eigenvalue weighted by Crippen LogP contribution is -2.33. The van der Waals surface area contributed by atoms with Crippen molar-refractivity contribution in [2.45, 2.75) is 19.3 Å². The molecule has 10 nitrogen and oxygen atoms in total. The second-order valence-corrected chi connectivity index (χ2v) is 8.60. The topological polar surface area (TPSA) is 98.9 Å². The van der Waals surface area contributed by atoms with Crippen LogP contribution in [-0.4, -0.2) is 68.9 Å². The van der Waals surface area contributed by atoms with Crippen LogP contribution in [0.5, 0.6) is 17.5 Å². The Morgan fingerprint density at radius 1 is 0.943 bits per heavy atom. The van der Waals surface area contributed by atoms with E-state index in [1.807, 2.05) is 36.4 Å². The maximum absolute atomic E-state index is 5.74. The van der Waals surface area contributed by atoms with Crippen molar-refractivity contribution in [2.24, 2.45) is 0 Å². The highest BCUT2D eigenvalue weighted by Gasteiger charge is 2.15. The van der Waals surface area contributed by atoms with E-state index in [1.54, 1.807) is 16.9 Å². The van der Waals surface area contributed by atoms with Crippen LogP contribution in [0.3, 0.4) is 0 Å². The number of likely N-dealkylation sites (tertiary alicyclic amines) is 1. The first-order valence-electron chi connectivity index (χ1n) is 12.0. The number of anilines is 2.